The minimum atomic E-state index is -0.707. The molecule has 0 heterocycles. The smallest absolute Gasteiger partial charge is 0.311 e. The first-order chi connectivity index (χ1) is 10.5. The average molecular weight is 322 g/mol. The van der Waals surface area contributed by atoms with Gasteiger partial charge in [-0.05, 0) is 25.5 Å². The summed E-state index contributed by atoms with van der Waals surface area (Å²) < 4.78 is 5.56. The fourth-order valence-electron chi connectivity index (χ4n) is 3.22. The van der Waals surface area contributed by atoms with E-state index in [9.17, 15) is 20.0 Å². The van der Waals surface area contributed by atoms with Crippen LogP contribution in [0.15, 0.2) is 18.2 Å². The van der Waals surface area contributed by atoms with Crippen LogP contribution in [0.3, 0.4) is 0 Å². The summed E-state index contributed by atoms with van der Waals surface area (Å²) in [4.78, 5) is 24.4. The van der Waals surface area contributed by atoms with Crippen LogP contribution in [0.5, 0.6) is 5.75 Å². The van der Waals surface area contributed by atoms with Crippen LogP contribution in [0.25, 0.3) is 0 Å². The van der Waals surface area contributed by atoms with Gasteiger partial charge in [-0.15, -0.1) is 0 Å². The molecule has 1 aliphatic rings. The van der Waals surface area contributed by atoms with Crippen molar-refractivity contribution >= 4 is 11.6 Å². The Bertz CT molecular complexity index is 658. The number of aromatic hydroxyl groups is 1. The Balaban J connectivity index is 2.25. The van der Waals surface area contributed by atoms with Gasteiger partial charge in [-0.3, -0.25) is 14.9 Å². The van der Waals surface area contributed by atoms with Gasteiger partial charge in [0.15, 0.2) is 5.75 Å². The molecule has 1 saturated carbocycles. The monoisotopic (exact) mass is 322 g/mol. The maximum Gasteiger partial charge on any atom is 0.311 e. The van der Waals surface area contributed by atoms with E-state index in [4.69, 9.17) is 4.74 Å². The number of hydrogen-bond donors (Lipinski definition) is 1. The summed E-state index contributed by atoms with van der Waals surface area (Å²) in [5.41, 5.74) is -0.847. The number of nitro benzene ring substituents is 1. The zero-order chi connectivity index (χ0) is 17.6. The molecule has 0 spiro atoms. The number of nitro groups is 1. The van der Waals surface area contributed by atoms with Crippen molar-refractivity contribution in [3.05, 3.63) is 33.9 Å². The summed E-state index contributed by atoms with van der Waals surface area (Å²) in [5, 5.41) is 20.4. The molecule has 0 radical (unpaired) electrons. The maximum atomic E-state index is 12.6. The second-order valence-corrected chi connectivity index (χ2v) is 6.75. The summed E-state index contributed by atoms with van der Waals surface area (Å²) in [5.74, 6) is -0.769. The van der Waals surface area contributed by atoms with E-state index in [1.807, 2.05) is 20.8 Å². The molecule has 2 atom stereocenters. The molecular formula is C16H22N2O5. The van der Waals surface area contributed by atoms with Crippen LogP contribution in [0.4, 0.5) is 5.69 Å². The first kappa shape index (κ1) is 17.2. The van der Waals surface area contributed by atoms with Crippen molar-refractivity contribution in [2.24, 2.45) is 5.41 Å². The first-order valence-corrected chi connectivity index (χ1v) is 7.35. The lowest BCUT2D eigenvalue weighted by Gasteiger charge is -2.61. The molecule has 1 amide bonds. The second-order valence-electron chi connectivity index (χ2n) is 6.75. The third-order valence-electron chi connectivity index (χ3n) is 5.44. The highest BCUT2D eigenvalue weighted by Crippen LogP contribution is 2.53. The Kier molecular flexibility index (Phi) is 4.11. The number of nitrogens with zero attached hydrogens (tertiary/aromatic N) is 2. The molecule has 1 N–H and O–H groups in total. The standard InChI is InChI=1S/C16H22N2O5/c1-15(2)13(9-16(15,3)23-5)17(4)14(20)10-6-7-12(19)11(8-10)18(21)22/h6-8,13,19H,9H2,1-5H3/t13-,16+/m0/s1. The highest BCUT2D eigenvalue weighted by Gasteiger charge is 2.59. The molecule has 1 fully saturated rings. The molecule has 2 rings (SSSR count). The van der Waals surface area contributed by atoms with E-state index < -0.39 is 16.4 Å². The molecule has 126 valence electrons. The van der Waals surface area contributed by atoms with E-state index in [1.165, 1.54) is 12.1 Å². The van der Waals surface area contributed by atoms with Crippen LogP contribution in [-0.4, -0.2) is 46.6 Å². The topological polar surface area (TPSA) is 92.9 Å². The predicted molar refractivity (Wildman–Crippen MR) is 84.5 cm³/mol. The van der Waals surface area contributed by atoms with Gasteiger partial charge in [-0.25, -0.2) is 0 Å². The van der Waals surface area contributed by atoms with Gasteiger partial charge in [0, 0.05) is 37.2 Å². The van der Waals surface area contributed by atoms with Crippen LogP contribution in [0.1, 0.15) is 37.6 Å². The summed E-state index contributed by atoms with van der Waals surface area (Å²) in [6, 6.07) is 3.63. The van der Waals surface area contributed by atoms with Crippen molar-refractivity contribution in [2.75, 3.05) is 14.2 Å². The zero-order valence-electron chi connectivity index (χ0n) is 14.0. The first-order valence-electron chi connectivity index (χ1n) is 7.35. The summed E-state index contributed by atoms with van der Waals surface area (Å²) in [6.07, 6.45) is 0.693. The number of ether oxygens (including phenoxy) is 1. The minimum absolute atomic E-state index is 0.0344. The lowest BCUT2D eigenvalue weighted by molar-refractivity contribution is -0.385. The van der Waals surface area contributed by atoms with E-state index in [0.717, 1.165) is 6.07 Å². The van der Waals surface area contributed by atoms with Crippen molar-refractivity contribution in [1.82, 2.24) is 4.90 Å². The van der Waals surface area contributed by atoms with Gasteiger partial charge in [-0.1, -0.05) is 13.8 Å². The molecule has 0 aliphatic heterocycles. The van der Waals surface area contributed by atoms with E-state index in [0.29, 0.717) is 6.42 Å². The van der Waals surface area contributed by atoms with Crippen molar-refractivity contribution in [2.45, 2.75) is 38.8 Å². The molecule has 1 aliphatic carbocycles. The summed E-state index contributed by atoms with van der Waals surface area (Å²) in [7, 11) is 3.34. The van der Waals surface area contributed by atoms with E-state index in [-0.39, 0.29) is 28.5 Å². The Morgan fingerprint density at radius 2 is 2.04 bits per heavy atom. The number of carbonyl (C=O) groups is 1. The third kappa shape index (κ3) is 2.55. The van der Waals surface area contributed by atoms with Crippen molar-refractivity contribution in [3.63, 3.8) is 0 Å². The molecule has 0 unspecified atom stereocenters. The highest BCUT2D eigenvalue weighted by molar-refractivity contribution is 5.95. The predicted octanol–water partition coefficient (Wildman–Crippen LogP) is 2.58. The lowest BCUT2D eigenvalue weighted by Crippen LogP contribution is -2.68. The van der Waals surface area contributed by atoms with Gasteiger partial charge in [0.1, 0.15) is 0 Å². The highest BCUT2D eigenvalue weighted by atomic mass is 16.6. The SMILES string of the molecule is CO[C@]1(C)C[C@H](N(C)C(=O)c2ccc(O)c([N+](=O)[O-])c2)C1(C)C. The lowest BCUT2D eigenvalue weighted by atomic mass is 9.55. The fraction of sp³-hybridized carbons (Fsp3) is 0.562. The van der Waals surface area contributed by atoms with E-state index >= 15 is 0 Å². The summed E-state index contributed by atoms with van der Waals surface area (Å²) >= 11 is 0. The van der Waals surface area contributed by atoms with Crippen LogP contribution in [0, 0.1) is 15.5 Å². The van der Waals surface area contributed by atoms with Crippen LogP contribution < -0.4 is 0 Å². The Morgan fingerprint density at radius 1 is 1.43 bits per heavy atom. The number of amides is 1. The van der Waals surface area contributed by atoms with Gasteiger partial charge in [-0.2, -0.15) is 0 Å². The molecule has 0 saturated heterocycles. The van der Waals surface area contributed by atoms with Gasteiger partial charge < -0.3 is 14.7 Å². The summed E-state index contributed by atoms with van der Waals surface area (Å²) in [6.45, 7) is 6.08. The Labute approximate surface area is 135 Å². The van der Waals surface area contributed by atoms with Crippen LogP contribution >= 0.6 is 0 Å². The number of phenolic OH excluding ortho intramolecular Hbond substituents is 1. The van der Waals surface area contributed by atoms with Crippen molar-refractivity contribution < 1.29 is 19.6 Å². The van der Waals surface area contributed by atoms with Crippen LogP contribution in [-0.2, 0) is 4.74 Å². The van der Waals surface area contributed by atoms with Gasteiger partial charge in [0.25, 0.3) is 5.91 Å². The number of phenols is 1. The molecule has 7 nitrogen and oxygen atoms in total. The van der Waals surface area contributed by atoms with Crippen molar-refractivity contribution in [1.29, 1.82) is 0 Å². The minimum Gasteiger partial charge on any atom is -0.502 e. The molecule has 23 heavy (non-hydrogen) atoms. The zero-order valence-corrected chi connectivity index (χ0v) is 14.0. The normalized spacial score (nSPS) is 25.5. The Morgan fingerprint density at radius 3 is 2.52 bits per heavy atom. The maximum absolute atomic E-state index is 12.6. The number of methoxy groups -OCH3 is 1. The number of carbonyl (C=O) groups excluding carboxylic acids is 1. The van der Waals surface area contributed by atoms with Crippen molar-refractivity contribution in [3.8, 4) is 5.75 Å². The van der Waals surface area contributed by atoms with Gasteiger partial charge in [0.2, 0.25) is 0 Å². The van der Waals surface area contributed by atoms with E-state index in [1.54, 1.807) is 19.1 Å². The number of hydrogen-bond acceptors (Lipinski definition) is 5. The number of benzene rings is 1. The second kappa shape index (κ2) is 5.49. The van der Waals surface area contributed by atoms with E-state index in [2.05, 4.69) is 0 Å². The Hall–Kier alpha value is -2.15. The largest absolute Gasteiger partial charge is 0.502 e. The molecule has 7 heteroatoms. The molecule has 0 aromatic heterocycles. The fourth-order valence-corrected chi connectivity index (χ4v) is 3.22. The molecular weight excluding hydrogens is 300 g/mol. The van der Waals surface area contributed by atoms with Gasteiger partial charge >= 0.3 is 5.69 Å². The molecule has 0 bridgehead atoms. The molecule has 1 aromatic carbocycles. The molecule has 1 aromatic rings. The third-order valence-corrected chi connectivity index (χ3v) is 5.44. The average Bonchev–Trinajstić information content (AvgIpc) is 2.50. The van der Waals surface area contributed by atoms with Crippen LogP contribution in [0.2, 0.25) is 0 Å². The quantitative estimate of drug-likeness (QED) is 0.679. The number of rotatable bonds is 4. The van der Waals surface area contributed by atoms with Gasteiger partial charge in [0.05, 0.1) is 10.5 Å².